The van der Waals surface area contributed by atoms with Crippen molar-refractivity contribution < 1.29 is 0 Å². The molecule has 2 rings (SSSR count). The summed E-state index contributed by atoms with van der Waals surface area (Å²) in [4.78, 5) is 0. The lowest BCUT2D eigenvalue weighted by Gasteiger charge is -2.06. The predicted molar refractivity (Wildman–Crippen MR) is 85.3 cm³/mol. The van der Waals surface area contributed by atoms with Crippen molar-refractivity contribution in [3.05, 3.63) is 0 Å². The highest BCUT2D eigenvalue weighted by atomic mass is 14.4. The van der Waals surface area contributed by atoms with E-state index in [-0.39, 0.29) is 0 Å². The average Bonchev–Trinajstić information content (AvgIpc) is 3.33. The van der Waals surface area contributed by atoms with Gasteiger partial charge in [0.15, 0.2) is 0 Å². The fourth-order valence-electron chi connectivity index (χ4n) is 3.35. The molecule has 2 aliphatic carbocycles. The Labute approximate surface area is 126 Å². The fourth-order valence-corrected chi connectivity index (χ4v) is 3.35. The normalized spacial score (nSPS) is 19.8. The van der Waals surface area contributed by atoms with E-state index < -0.39 is 0 Å². The minimum Gasteiger partial charge on any atom is -0.198 e. The lowest BCUT2D eigenvalue weighted by atomic mass is 9.97. The molecule has 2 aliphatic rings. The van der Waals surface area contributed by atoms with Gasteiger partial charge in [-0.3, -0.25) is 0 Å². The second-order valence-corrected chi connectivity index (χ2v) is 7.28. The van der Waals surface area contributed by atoms with Gasteiger partial charge in [-0.25, -0.2) is 0 Å². The van der Waals surface area contributed by atoms with Crippen LogP contribution >= 0.6 is 0 Å². The predicted octanol–water partition coefficient (Wildman–Crippen LogP) is 6.24. The molecule has 1 unspecified atom stereocenters. The summed E-state index contributed by atoms with van der Waals surface area (Å²) in [5.41, 5.74) is 0. The minimum absolute atomic E-state index is 0.390. The molecule has 2 fully saturated rings. The second kappa shape index (κ2) is 9.43. The van der Waals surface area contributed by atoms with Gasteiger partial charge in [0.05, 0.1) is 6.07 Å². The summed E-state index contributed by atoms with van der Waals surface area (Å²) in [6, 6.07) is 2.51. The van der Waals surface area contributed by atoms with Crippen molar-refractivity contribution in [1.29, 1.82) is 5.26 Å². The van der Waals surface area contributed by atoms with Crippen LogP contribution in [-0.4, -0.2) is 0 Å². The van der Waals surface area contributed by atoms with E-state index >= 15 is 0 Å². The molecular weight excluding hydrogens is 242 g/mol. The maximum absolute atomic E-state index is 9.07. The molecule has 1 atom stereocenters. The number of unbranched alkanes of at least 4 members (excludes halogenated alkanes) is 8. The molecule has 0 aromatic carbocycles. The maximum atomic E-state index is 9.07. The second-order valence-electron chi connectivity index (χ2n) is 7.28. The summed E-state index contributed by atoms with van der Waals surface area (Å²) in [7, 11) is 0. The fraction of sp³-hybridized carbons (Fsp3) is 0.947. The van der Waals surface area contributed by atoms with Gasteiger partial charge in [-0.2, -0.15) is 5.26 Å². The van der Waals surface area contributed by atoms with Gasteiger partial charge in [0, 0.05) is 5.92 Å². The van der Waals surface area contributed by atoms with Crippen molar-refractivity contribution in [3.8, 4) is 6.07 Å². The summed E-state index contributed by atoms with van der Waals surface area (Å²) < 4.78 is 0. The van der Waals surface area contributed by atoms with E-state index in [1.165, 1.54) is 96.3 Å². The highest BCUT2D eigenvalue weighted by molar-refractivity contribution is 4.94. The molecule has 0 saturated heterocycles. The van der Waals surface area contributed by atoms with Crippen molar-refractivity contribution in [3.63, 3.8) is 0 Å². The summed E-state index contributed by atoms with van der Waals surface area (Å²) >= 11 is 0. The number of nitrogens with zero attached hydrogens (tertiary/aromatic N) is 1. The zero-order valence-electron chi connectivity index (χ0n) is 13.3. The van der Waals surface area contributed by atoms with Gasteiger partial charge in [-0.05, 0) is 31.1 Å². The molecule has 0 aliphatic heterocycles. The van der Waals surface area contributed by atoms with E-state index in [4.69, 9.17) is 5.26 Å². The molecule has 2 saturated carbocycles. The van der Waals surface area contributed by atoms with Crippen LogP contribution in [0.2, 0.25) is 0 Å². The van der Waals surface area contributed by atoms with Crippen LogP contribution in [0.3, 0.4) is 0 Å². The van der Waals surface area contributed by atoms with Crippen LogP contribution in [0.1, 0.15) is 96.3 Å². The summed E-state index contributed by atoms with van der Waals surface area (Å²) in [5.74, 6) is 2.29. The smallest absolute Gasteiger partial charge is 0.0658 e. The molecule has 20 heavy (non-hydrogen) atoms. The summed E-state index contributed by atoms with van der Waals surface area (Å²) in [5, 5.41) is 9.07. The van der Waals surface area contributed by atoms with Crippen molar-refractivity contribution >= 4 is 0 Å². The van der Waals surface area contributed by atoms with Crippen LogP contribution in [0, 0.1) is 29.1 Å². The third kappa shape index (κ3) is 7.32. The first kappa shape index (κ1) is 15.9. The lowest BCUT2D eigenvalue weighted by Crippen LogP contribution is -1.99. The average molecular weight is 275 g/mol. The first-order valence-electron chi connectivity index (χ1n) is 9.30. The van der Waals surface area contributed by atoms with Crippen molar-refractivity contribution in [2.45, 2.75) is 96.3 Å². The van der Waals surface area contributed by atoms with Gasteiger partial charge in [-0.15, -0.1) is 0 Å². The standard InChI is InChI=1S/C19H33N/c20-16-19(18-14-15-18)11-9-7-5-3-1-2-4-6-8-10-17-12-13-17/h17-19H,1-15H2. The molecule has 1 nitrogen and oxygen atoms in total. The molecule has 1 heteroatoms. The van der Waals surface area contributed by atoms with E-state index in [2.05, 4.69) is 6.07 Å². The third-order valence-electron chi connectivity index (χ3n) is 5.18. The van der Waals surface area contributed by atoms with Crippen LogP contribution in [0.5, 0.6) is 0 Å². The van der Waals surface area contributed by atoms with E-state index in [1.807, 2.05) is 0 Å². The van der Waals surface area contributed by atoms with Gasteiger partial charge in [-0.1, -0.05) is 77.0 Å². The highest BCUT2D eigenvalue weighted by Gasteiger charge is 2.30. The topological polar surface area (TPSA) is 23.8 Å². The van der Waals surface area contributed by atoms with Crippen molar-refractivity contribution in [1.82, 2.24) is 0 Å². The van der Waals surface area contributed by atoms with Crippen LogP contribution in [0.25, 0.3) is 0 Å². The zero-order chi connectivity index (χ0) is 14.0. The van der Waals surface area contributed by atoms with Gasteiger partial charge >= 0.3 is 0 Å². The Morgan fingerprint density at radius 2 is 1.30 bits per heavy atom. The number of nitriles is 1. The molecule has 0 aromatic rings. The maximum Gasteiger partial charge on any atom is 0.0658 e. The molecule has 114 valence electrons. The van der Waals surface area contributed by atoms with Crippen LogP contribution in [-0.2, 0) is 0 Å². The Morgan fingerprint density at radius 1 is 0.750 bits per heavy atom. The largest absolute Gasteiger partial charge is 0.198 e. The molecule has 0 radical (unpaired) electrons. The molecule has 0 aromatic heterocycles. The van der Waals surface area contributed by atoms with E-state index in [0.29, 0.717) is 5.92 Å². The lowest BCUT2D eigenvalue weighted by molar-refractivity contribution is 0.482. The number of rotatable bonds is 13. The number of hydrogen-bond acceptors (Lipinski definition) is 1. The highest BCUT2D eigenvalue weighted by Crippen LogP contribution is 2.39. The Hall–Kier alpha value is -0.510. The Balaban J connectivity index is 1.27. The Kier molecular flexibility index (Phi) is 7.48. The van der Waals surface area contributed by atoms with Crippen LogP contribution < -0.4 is 0 Å². The molecule has 0 bridgehead atoms. The Morgan fingerprint density at radius 3 is 1.80 bits per heavy atom. The molecule has 0 amide bonds. The van der Waals surface area contributed by atoms with Gasteiger partial charge in [0.2, 0.25) is 0 Å². The molecular formula is C19H33N. The van der Waals surface area contributed by atoms with Gasteiger partial charge < -0.3 is 0 Å². The monoisotopic (exact) mass is 275 g/mol. The summed E-state index contributed by atoms with van der Waals surface area (Å²) in [6.45, 7) is 0. The van der Waals surface area contributed by atoms with Crippen LogP contribution in [0.4, 0.5) is 0 Å². The molecule has 0 N–H and O–H groups in total. The quantitative estimate of drug-likeness (QED) is 0.365. The SMILES string of the molecule is N#CC(CCCCCCCCCCCC1CC1)C1CC1. The van der Waals surface area contributed by atoms with Gasteiger partial charge in [0.25, 0.3) is 0 Å². The minimum atomic E-state index is 0.390. The first-order chi connectivity index (χ1) is 9.90. The molecule has 0 heterocycles. The van der Waals surface area contributed by atoms with Crippen molar-refractivity contribution in [2.75, 3.05) is 0 Å². The molecule has 0 spiro atoms. The third-order valence-corrected chi connectivity index (χ3v) is 5.18. The number of hydrogen-bond donors (Lipinski definition) is 0. The van der Waals surface area contributed by atoms with E-state index in [9.17, 15) is 0 Å². The summed E-state index contributed by atoms with van der Waals surface area (Å²) in [6.07, 6.45) is 21.1. The Bertz CT molecular complexity index is 283. The van der Waals surface area contributed by atoms with E-state index in [1.54, 1.807) is 0 Å². The van der Waals surface area contributed by atoms with Crippen LogP contribution in [0.15, 0.2) is 0 Å². The zero-order valence-corrected chi connectivity index (χ0v) is 13.3. The van der Waals surface area contributed by atoms with E-state index in [0.717, 1.165) is 11.8 Å². The first-order valence-corrected chi connectivity index (χ1v) is 9.30. The van der Waals surface area contributed by atoms with Crippen molar-refractivity contribution in [2.24, 2.45) is 17.8 Å². The van der Waals surface area contributed by atoms with Gasteiger partial charge in [0.1, 0.15) is 0 Å².